The molecule has 0 saturated carbocycles. The number of hydrogen-bond donors (Lipinski definition) is 1. The summed E-state index contributed by atoms with van der Waals surface area (Å²) in [5.74, 6) is 1.57. The van der Waals surface area contributed by atoms with E-state index in [-0.39, 0.29) is 23.9 Å². The van der Waals surface area contributed by atoms with Gasteiger partial charge in [-0.3, -0.25) is 4.79 Å². The fourth-order valence-electron chi connectivity index (χ4n) is 3.50. The van der Waals surface area contributed by atoms with Crippen LogP contribution >= 0.6 is 0 Å². The Hall–Kier alpha value is -3.56. The van der Waals surface area contributed by atoms with E-state index < -0.39 is 15.9 Å². The molecule has 9 heteroatoms. The molecule has 0 spiro atoms. The lowest BCUT2D eigenvalue weighted by Gasteiger charge is -2.16. The predicted octanol–water partition coefficient (Wildman–Crippen LogP) is 4.11. The van der Waals surface area contributed by atoms with E-state index in [1.54, 1.807) is 44.2 Å². The molecule has 0 fully saturated rings. The summed E-state index contributed by atoms with van der Waals surface area (Å²) in [6, 6.07) is 15.8. The van der Waals surface area contributed by atoms with Crippen LogP contribution in [0.1, 0.15) is 27.0 Å². The molecule has 1 amide bonds. The number of aryl methyl sites for hydroxylation is 1. The number of nitrogens with zero attached hydrogens (tertiary/aromatic N) is 1. The summed E-state index contributed by atoms with van der Waals surface area (Å²) in [7, 11) is -0.751. The Morgan fingerprint density at radius 2 is 1.79 bits per heavy atom. The maximum Gasteiger partial charge on any atom is 0.255 e. The second kappa shape index (κ2) is 9.36. The van der Waals surface area contributed by atoms with Crippen molar-refractivity contribution in [3.05, 3.63) is 76.9 Å². The van der Waals surface area contributed by atoms with Gasteiger partial charge in [0.15, 0.2) is 11.5 Å². The molecular weight excluding hydrogens is 456 g/mol. The van der Waals surface area contributed by atoms with Crippen LogP contribution in [0.5, 0.6) is 17.2 Å². The molecule has 1 aliphatic heterocycles. The van der Waals surface area contributed by atoms with Crippen LogP contribution in [0, 0.1) is 13.8 Å². The normalized spacial score (nSPS) is 12.6. The fourth-order valence-corrected chi connectivity index (χ4v) is 4.72. The zero-order valence-corrected chi connectivity index (χ0v) is 20.2. The van der Waals surface area contributed by atoms with Crippen LogP contribution in [0.2, 0.25) is 0 Å². The monoisotopic (exact) mass is 482 g/mol. The summed E-state index contributed by atoms with van der Waals surface area (Å²) >= 11 is 0. The molecule has 178 valence electrons. The number of hydrogen-bond acceptors (Lipinski definition) is 6. The zero-order chi connectivity index (χ0) is 24.5. The molecule has 0 atom stereocenters. The van der Waals surface area contributed by atoms with Crippen molar-refractivity contribution >= 4 is 21.6 Å². The predicted molar refractivity (Wildman–Crippen MR) is 128 cm³/mol. The molecule has 0 aromatic heterocycles. The van der Waals surface area contributed by atoms with Crippen molar-refractivity contribution in [2.24, 2.45) is 0 Å². The van der Waals surface area contributed by atoms with E-state index in [0.29, 0.717) is 28.5 Å². The van der Waals surface area contributed by atoms with E-state index in [0.717, 1.165) is 15.4 Å². The number of fused-ring (bicyclic) bond motifs is 1. The SMILES string of the molecule is Cc1cc(C(=O)Nc2cccc(COc3ccc4c(c3)OCO4)c2)cc(S(=O)(=O)N(C)C)c1C. The second-order valence-corrected chi connectivity index (χ2v) is 10.3. The number of ether oxygens (including phenoxy) is 3. The maximum atomic E-state index is 12.9. The average Bonchev–Trinajstić information content (AvgIpc) is 3.27. The number of nitrogens with one attached hydrogen (secondary N) is 1. The molecule has 0 unspecified atom stereocenters. The van der Waals surface area contributed by atoms with Gasteiger partial charge in [-0.2, -0.15) is 0 Å². The number of amides is 1. The molecule has 34 heavy (non-hydrogen) atoms. The maximum absolute atomic E-state index is 12.9. The highest BCUT2D eigenvalue weighted by molar-refractivity contribution is 7.89. The van der Waals surface area contributed by atoms with Crippen molar-refractivity contribution in [2.45, 2.75) is 25.3 Å². The summed E-state index contributed by atoms with van der Waals surface area (Å²) in [4.78, 5) is 13.1. The molecule has 0 aliphatic carbocycles. The molecule has 0 saturated heterocycles. The molecule has 0 radical (unpaired) electrons. The van der Waals surface area contributed by atoms with Gasteiger partial charge in [0.05, 0.1) is 4.90 Å². The molecule has 4 rings (SSSR count). The lowest BCUT2D eigenvalue weighted by atomic mass is 10.1. The Morgan fingerprint density at radius 3 is 2.56 bits per heavy atom. The third kappa shape index (κ3) is 4.85. The van der Waals surface area contributed by atoms with Gasteiger partial charge in [0, 0.05) is 31.4 Å². The highest BCUT2D eigenvalue weighted by Gasteiger charge is 2.23. The zero-order valence-electron chi connectivity index (χ0n) is 19.4. The van der Waals surface area contributed by atoms with Crippen molar-refractivity contribution in [3.63, 3.8) is 0 Å². The number of rotatable bonds is 7. The summed E-state index contributed by atoms with van der Waals surface area (Å²) in [6.07, 6.45) is 0. The third-order valence-electron chi connectivity index (χ3n) is 5.57. The van der Waals surface area contributed by atoms with E-state index in [9.17, 15) is 13.2 Å². The van der Waals surface area contributed by atoms with Crippen LogP contribution in [0.15, 0.2) is 59.5 Å². The van der Waals surface area contributed by atoms with Gasteiger partial charge in [-0.05, 0) is 66.9 Å². The van der Waals surface area contributed by atoms with Gasteiger partial charge in [-0.1, -0.05) is 12.1 Å². The highest BCUT2D eigenvalue weighted by atomic mass is 32.2. The van der Waals surface area contributed by atoms with Crippen LogP contribution in [-0.2, 0) is 16.6 Å². The largest absolute Gasteiger partial charge is 0.489 e. The molecule has 8 nitrogen and oxygen atoms in total. The Morgan fingerprint density at radius 1 is 1.03 bits per heavy atom. The van der Waals surface area contributed by atoms with Crippen molar-refractivity contribution in [1.82, 2.24) is 4.31 Å². The van der Waals surface area contributed by atoms with Crippen molar-refractivity contribution in [1.29, 1.82) is 0 Å². The minimum Gasteiger partial charge on any atom is -0.489 e. The van der Waals surface area contributed by atoms with E-state index in [4.69, 9.17) is 14.2 Å². The highest BCUT2D eigenvalue weighted by Crippen LogP contribution is 2.35. The van der Waals surface area contributed by atoms with E-state index in [1.165, 1.54) is 20.2 Å². The Bertz CT molecular complexity index is 1350. The second-order valence-electron chi connectivity index (χ2n) is 8.16. The summed E-state index contributed by atoms with van der Waals surface area (Å²) < 4.78 is 43.1. The van der Waals surface area contributed by atoms with Gasteiger partial charge in [-0.15, -0.1) is 0 Å². The van der Waals surface area contributed by atoms with E-state index in [2.05, 4.69) is 5.32 Å². The molecule has 1 N–H and O–H groups in total. The van der Waals surface area contributed by atoms with Gasteiger partial charge in [-0.25, -0.2) is 12.7 Å². The summed E-state index contributed by atoms with van der Waals surface area (Å²) in [6.45, 7) is 4.01. The van der Waals surface area contributed by atoms with Gasteiger partial charge in [0.25, 0.3) is 5.91 Å². The molecule has 1 aliphatic rings. The Balaban J connectivity index is 1.49. The molecular formula is C25H26N2O6S. The molecule has 3 aromatic carbocycles. The summed E-state index contributed by atoms with van der Waals surface area (Å²) in [5, 5.41) is 2.85. The first kappa shape index (κ1) is 23.6. The van der Waals surface area contributed by atoms with Gasteiger partial charge < -0.3 is 19.5 Å². The van der Waals surface area contributed by atoms with Crippen LogP contribution in [0.4, 0.5) is 5.69 Å². The smallest absolute Gasteiger partial charge is 0.255 e. The lowest BCUT2D eigenvalue weighted by Crippen LogP contribution is -2.24. The van der Waals surface area contributed by atoms with Crippen molar-refractivity contribution in [3.8, 4) is 17.2 Å². The van der Waals surface area contributed by atoms with Gasteiger partial charge in [0.1, 0.15) is 12.4 Å². The van der Waals surface area contributed by atoms with E-state index >= 15 is 0 Å². The topological polar surface area (TPSA) is 94.2 Å². The standard InChI is InChI=1S/C25H26N2O6S/c1-16-10-19(12-24(17(16)2)34(29,30)27(3)4)25(28)26-20-7-5-6-18(11-20)14-31-21-8-9-22-23(13-21)33-15-32-22/h5-13H,14-15H2,1-4H3,(H,26,28). The molecule has 3 aromatic rings. The Kier molecular flexibility index (Phi) is 6.49. The van der Waals surface area contributed by atoms with Crippen LogP contribution in [0.25, 0.3) is 0 Å². The van der Waals surface area contributed by atoms with Gasteiger partial charge >= 0.3 is 0 Å². The minimum absolute atomic E-state index is 0.119. The van der Waals surface area contributed by atoms with Crippen LogP contribution in [0.3, 0.4) is 0 Å². The fraction of sp³-hybridized carbons (Fsp3) is 0.240. The van der Waals surface area contributed by atoms with Crippen molar-refractivity contribution in [2.75, 3.05) is 26.2 Å². The lowest BCUT2D eigenvalue weighted by molar-refractivity contribution is 0.102. The third-order valence-corrected chi connectivity index (χ3v) is 7.52. The first-order chi connectivity index (χ1) is 16.1. The number of carbonyl (C=O) groups excluding carboxylic acids is 1. The van der Waals surface area contributed by atoms with E-state index in [1.807, 2.05) is 18.2 Å². The number of sulfonamides is 1. The molecule has 0 bridgehead atoms. The Labute approximate surface area is 199 Å². The number of anilines is 1. The quantitative estimate of drug-likeness (QED) is 0.545. The van der Waals surface area contributed by atoms with Crippen LogP contribution < -0.4 is 19.5 Å². The summed E-state index contributed by atoms with van der Waals surface area (Å²) in [5.41, 5.74) is 3.04. The first-order valence-corrected chi connectivity index (χ1v) is 12.1. The van der Waals surface area contributed by atoms with Crippen molar-refractivity contribution < 1.29 is 27.4 Å². The molecule has 1 heterocycles. The minimum atomic E-state index is -3.68. The van der Waals surface area contributed by atoms with Crippen LogP contribution in [-0.4, -0.2) is 39.5 Å². The number of benzene rings is 3. The number of carbonyl (C=O) groups is 1. The first-order valence-electron chi connectivity index (χ1n) is 10.6. The van der Waals surface area contributed by atoms with Gasteiger partial charge in [0.2, 0.25) is 16.8 Å². The average molecular weight is 483 g/mol.